The van der Waals surface area contributed by atoms with Gasteiger partial charge in [-0.15, -0.1) is 13.2 Å². The van der Waals surface area contributed by atoms with Crippen LogP contribution in [0.3, 0.4) is 0 Å². The van der Waals surface area contributed by atoms with Gasteiger partial charge >= 0.3 is 12.3 Å². The molecule has 0 aliphatic carbocycles. The quantitative estimate of drug-likeness (QED) is 0.614. The van der Waals surface area contributed by atoms with Crippen LogP contribution >= 0.6 is 12.2 Å². The molecule has 0 N–H and O–H groups in total. The maximum atomic E-state index is 12.2. The van der Waals surface area contributed by atoms with Crippen molar-refractivity contribution in [2.45, 2.75) is 19.7 Å². The summed E-state index contributed by atoms with van der Waals surface area (Å²) in [4.78, 5) is 13.0. The number of carbonyl (C=O) groups is 1. The van der Waals surface area contributed by atoms with E-state index in [1.165, 1.54) is 23.1 Å². The highest BCUT2D eigenvalue weighted by atomic mass is 32.1. The second-order valence-electron chi connectivity index (χ2n) is 3.98. The van der Waals surface area contributed by atoms with Crippen molar-refractivity contribution < 1.29 is 27.4 Å². The fourth-order valence-electron chi connectivity index (χ4n) is 1.49. The Morgan fingerprint density at radius 3 is 2.62 bits per heavy atom. The van der Waals surface area contributed by atoms with Gasteiger partial charge in [0.15, 0.2) is 0 Å². The van der Waals surface area contributed by atoms with Crippen LogP contribution in [0.5, 0.6) is 5.75 Å². The van der Waals surface area contributed by atoms with E-state index in [-0.39, 0.29) is 23.8 Å². The number of ether oxygens (including phenoxy) is 2. The zero-order valence-corrected chi connectivity index (χ0v) is 12.3. The summed E-state index contributed by atoms with van der Waals surface area (Å²) in [6.45, 7) is 1.91. The summed E-state index contributed by atoms with van der Waals surface area (Å²) in [6.07, 6.45) is -4.88. The van der Waals surface area contributed by atoms with Crippen molar-refractivity contribution in [3.05, 3.63) is 24.3 Å². The Morgan fingerprint density at radius 2 is 2.05 bits per heavy atom. The summed E-state index contributed by atoms with van der Waals surface area (Å²) >= 11 is 5.06. The summed E-state index contributed by atoms with van der Waals surface area (Å²) in [6, 6.07) is 5.32. The second-order valence-corrected chi connectivity index (χ2v) is 4.45. The molecule has 0 amide bonds. The zero-order valence-electron chi connectivity index (χ0n) is 11.4. The Labute approximate surface area is 125 Å². The molecule has 0 unspecified atom stereocenters. The number of alkyl halides is 3. The Balaban J connectivity index is 2.78. The van der Waals surface area contributed by atoms with Crippen molar-refractivity contribution in [3.8, 4) is 5.75 Å². The first-order valence-electron chi connectivity index (χ1n) is 6.01. The molecule has 0 spiro atoms. The molecule has 4 nitrogen and oxygen atoms in total. The molecule has 116 valence electrons. The maximum Gasteiger partial charge on any atom is 0.573 e. The lowest BCUT2D eigenvalue weighted by Gasteiger charge is -2.20. The van der Waals surface area contributed by atoms with Crippen LogP contribution in [-0.2, 0) is 9.53 Å². The Hall–Kier alpha value is -1.83. The SMILES string of the molecule is CCOC(=O)CC(=S)N(C)c1cccc(OC(F)(F)F)c1. The van der Waals surface area contributed by atoms with Crippen LogP contribution in [0.25, 0.3) is 0 Å². The number of hydrogen-bond acceptors (Lipinski definition) is 4. The van der Waals surface area contributed by atoms with E-state index in [9.17, 15) is 18.0 Å². The van der Waals surface area contributed by atoms with Gasteiger partial charge in [0.05, 0.1) is 18.0 Å². The summed E-state index contributed by atoms with van der Waals surface area (Å²) in [5, 5.41) is 0. The molecule has 1 aromatic carbocycles. The smallest absolute Gasteiger partial charge is 0.466 e. The molecule has 0 saturated heterocycles. The van der Waals surface area contributed by atoms with Gasteiger partial charge in [-0.2, -0.15) is 0 Å². The van der Waals surface area contributed by atoms with Gasteiger partial charge < -0.3 is 14.4 Å². The van der Waals surface area contributed by atoms with Gasteiger partial charge in [0.25, 0.3) is 0 Å². The fourth-order valence-corrected chi connectivity index (χ4v) is 1.71. The number of halogens is 3. The number of hydrogen-bond donors (Lipinski definition) is 0. The van der Waals surface area contributed by atoms with Gasteiger partial charge in [0.2, 0.25) is 0 Å². The number of benzene rings is 1. The van der Waals surface area contributed by atoms with Crippen molar-refractivity contribution in [1.29, 1.82) is 0 Å². The average Bonchev–Trinajstić information content (AvgIpc) is 2.36. The number of nitrogens with zero attached hydrogens (tertiary/aromatic N) is 1. The van der Waals surface area contributed by atoms with E-state index in [1.54, 1.807) is 20.0 Å². The van der Waals surface area contributed by atoms with Gasteiger partial charge in [-0.1, -0.05) is 18.3 Å². The molecule has 0 saturated carbocycles. The molecule has 8 heteroatoms. The van der Waals surface area contributed by atoms with Crippen LogP contribution in [-0.4, -0.2) is 31.0 Å². The van der Waals surface area contributed by atoms with Crippen molar-refractivity contribution in [3.63, 3.8) is 0 Å². The number of esters is 1. The number of anilines is 1. The van der Waals surface area contributed by atoms with E-state index >= 15 is 0 Å². The van der Waals surface area contributed by atoms with Crippen LogP contribution in [0.4, 0.5) is 18.9 Å². The van der Waals surface area contributed by atoms with Gasteiger partial charge in [-0.3, -0.25) is 4.79 Å². The van der Waals surface area contributed by atoms with Crippen molar-refractivity contribution in [1.82, 2.24) is 0 Å². The number of rotatable bonds is 5. The Morgan fingerprint density at radius 1 is 1.38 bits per heavy atom. The lowest BCUT2D eigenvalue weighted by molar-refractivity contribution is -0.274. The van der Waals surface area contributed by atoms with Crippen LogP contribution in [0.15, 0.2) is 24.3 Å². The lowest BCUT2D eigenvalue weighted by Crippen LogP contribution is -2.27. The van der Waals surface area contributed by atoms with E-state index in [2.05, 4.69) is 4.74 Å². The monoisotopic (exact) mass is 321 g/mol. The summed E-state index contributed by atoms with van der Waals surface area (Å²) in [5.41, 5.74) is 0.381. The highest BCUT2D eigenvalue weighted by molar-refractivity contribution is 7.80. The summed E-state index contributed by atoms with van der Waals surface area (Å²) < 4.78 is 45.1. The first-order valence-corrected chi connectivity index (χ1v) is 6.41. The highest BCUT2D eigenvalue weighted by Gasteiger charge is 2.31. The van der Waals surface area contributed by atoms with Crippen LogP contribution in [0.2, 0.25) is 0 Å². The molecule has 1 aromatic rings. The predicted octanol–water partition coefficient (Wildman–Crippen LogP) is 3.30. The molecule has 0 fully saturated rings. The van der Waals surface area contributed by atoms with Crippen molar-refractivity contribution in [2.24, 2.45) is 0 Å². The molecule has 21 heavy (non-hydrogen) atoms. The lowest BCUT2D eigenvalue weighted by atomic mass is 10.2. The van der Waals surface area contributed by atoms with Crippen LogP contribution in [0.1, 0.15) is 13.3 Å². The van der Waals surface area contributed by atoms with Gasteiger partial charge in [-0.05, 0) is 19.1 Å². The third-order valence-corrected chi connectivity index (χ3v) is 2.83. The topological polar surface area (TPSA) is 38.8 Å². The van der Waals surface area contributed by atoms with Crippen molar-refractivity contribution in [2.75, 3.05) is 18.6 Å². The third kappa shape index (κ3) is 5.99. The summed E-state index contributed by atoms with van der Waals surface area (Å²) in [5.74, 6) is -0.845. The zero-order chi connectivity index (χ0) is 16.0. The molecule has 0 aliphatic rings. The molecule has 0 heterocycles. The van der Waals surface area contributed by atoms with Crippen LogP contribution < -0.4 is 9.64 Å². The first kappa shape index (κ1) is 17.2. The molecule has 0 aliphatic heterocycles. The van der Waals surface area contributed by atoms with E-state index in [1.807, 2.05) is 0 Å². The van der Waals surface area contributed by atoms with Gasteiger partial charge in [0.1, 0.15) is 5.75 Å². The van der Waals surface area contributed by atoms with Crippen LogP contribution in [0, 0.1) is 0 Å². The molecule has 1 rings (SSSR count). The maximum absolute atomic E-state index is 12.2. The van der Waals surface area contributed by atoms with E-state index in [0.29, 0.717) is 5.69 Å². The molecule has 0 bridgehead atoms. The molecular weight excluding hydrogens is 307 g/mol. The van der Waals surface area contributed by atoms with Gasteiger partial charge in [0, 0.05) is 18.8 Å². The molecular formula is C13H14F3NO3S. The van der Waals surface area contributed by atoms with Gasteiger partial charge in [-0.25, -0.2) is 0 Å². The van der Waals surface area contributed by atoms with E-state index in [4.69, 9.17) is 17.0 Å². The Bertz CT molecular complexity index is 520. The fraction of sp³-hybridized carbons (Fsp3) is 0.385. The van der Waals surface area contributed by atoms with Crippen molar-refractivity contribution >= 4 is 28.9 Å². The number of thiocarbonyl (C=S) groups is 1. The first-order chi connectivity index (χ1) is 9.73. The minimum absolute atomic E-state index is 0.121. The highest BCUT2D eigenvalue weighted by Crippen LogP contribution is 2.26. The number of carbonyl (C=O) groups excluding carboxylic acids is 1. The van der Waals surface area contributed by atoms with E-state index in [0.717, 1.165) is 0 Å². The largest absolute Gasteiger partial charge is 0.573 e. The third-order valence-electron chi connectivity index (χ3n) is 2.41. The average molecular weight is 321 g/mol. The molecule has 0 radical (unpaired) electrons. The minimum atomic E-state index is -4.76. The second kappa shape index (κ2) is 7.26. The molecule has 0 atom stereocenters. The Kier molecular flexibility index (Phi) is 5.95. The van der Waals surface area contributed by atoms with E-state index < -0.39 is 12.3 Å². The predicted molar refractivity (Wildman–Crippen MR) is 75.4 cm³/mol. The minimum Gasteiger partial charge on any atom is -0.466 e. The molecule has 0 aromatic heterocycles. The summed E-state index contributed by atoms with van der Waals surface area (Å²) in [7, 11) is 1.55. The normalized spacial score (nSPS) is 10.9. The standard InChI is InChI=1S/C13H14F3NO3S/c1-3-19-12(18)8-11(21)17(2)9-5-4-6-10(7-9)20-13(14,15)16/h4-7H,3,8H2,1-2H3.